The fraction of sp³-hybridized carbons (Fsp3) is 0.536. The van der Waals surface area contributed by atoms with Crippen molar-refractivity contribution >= 4 is 29.0 Å². The molecule has 4 atom stereocenters. The van der Waals surface area contributed by atoms with Gasteiger partial charge >= 0.3 is 6.01 Å². The van der Waals surface area contributed by atoms with Gasteiger partial charge in [-0.3, -0.25) is 9.69 Å². The lowest BCUT2D eigenvalue weighted by Crippen LogP contribution is -2.54. The van der Waals surface area contributed by atoms with Crippen LogP contribution in [0.1, 0.15) is 41.8 Å². The Morgan fingerprint density at radius 3 is 2.80 bits per heavy atom. The molecule has 0 radical (unpaired) electrons. The number of piperazine rings is 1. The van der Waals surface area contributed by atoms with Gasteiger partial charge in [0.25, 0.3) is 0 Å². The minimum absolute atomic E-state index is 0.00585. The van der Waals surface area contributed by atoms with E-state index in [-0.39, 0.29) is 59.9 Å². The average Bonchev–Trinajstić information content (AvgIpc) is 3.26. The Kier molecular flexibility index (Phi) is 8.17. The second-order valence-electron chi connectivity index (χ2n) is 10.9. The molecule has 0 bridgehead atoms. The topological polar surface area (TPSA) is 97.0 Å². The van der Waals surface area contributed by atoms with E-state index in [1.165, 1.54) is 12.1 Å². The summed E-state index contributed by atoms with van der Waals surface area (Å²) in [5.41, 5.74) is 8.21. The van der Waals surface area contributed by atoms with Gasteiger partial charge in [-0.1, -0.05) is 18.2 Å². The maximum atomic E-state index is 15.2. The third-order valence-electron chi connectivity index (χ3n) is 8.05. The summed E-state index contributed by atoms with van der Waals surface area (Å²) in [6.07, 6.45) is 0.338. The first-order valence-corrected chi connectivity index (χ1v) is 13.9. The molecule has 3 aliphatic heterocycles. The van der Waals surface area contributed by atoms with Gasteiger partial charge in [0, 0.05) is 55.8 Å². The number of nitrogens with zero attached hydrogens (tertiary/aromatic N) is 5. The van der Waals surface area contributed by atoms with Crippen molar-refractivity contribution in [1.82, 2.24) is 19.8 Å². The van der Waals surface area contributed by atoms with Crippen LogP contribution in [0.4, 0.5) is 20.3 Å². The molecule has 5 rings (SSSR count). The van der Waals surface area contributed by atoms with E-state index in [2.05, 4.69) is 11.5 Å². The number of carbonyl (C=O) groups is 1. The summed E-state index contributed by atoms with van der Waals surface area (Å²) in [5, 5.41) is 0.271. The molecule has 3 aliphatic rings. The first-order valence-electron chi connectivity index (χ1n) is 13.5. The second-order valence-corrected chi connectivity index (χ2v) is 11.2. The number of halogens is 3. The van der Waals surface area contributed by atoms with Gasteiger partial charge in [0.15, 0.2) is 5.82 Å². The van der Waals surface area contributed by atoms with Crippen LogP contribution < -0.4 is 15.4 Å². The minimum atomic E-state index is -0.895. The molecule has 2 fully saturated rings. The van der Waals surface area contributed by atoms with Gasteiger partial charge in [0.2, 0.25) is 5.91 Å². The van der Waals surface area contributed by atoms with Gasteiger partial charge in [-0.25, -0.2) is 8.78 Å². The molecule has 1 amide bonds. The fourth-order valence-corrected chi connectivity index (χ4v) is 6.06. The van der Waals surface area contributed by atoms with Crippen molar-refractivity contribution in [3.8, 4) is 6.01 Å². The third kappa shape index (κ3) is 5.46. The Morgan fingerprint density at radius 2 is 2.12 bits per heavy atom. The van der Waals surface area contributed by atoms with Gasteiger partial charge in [-0.05, 0) is 45.0 Å². The van der Waals surface area contributed by atoms with Gasteiger partial charge in [-0.15, -0.1) is 0 Å². The smallest absolute Gasteiger partial charge is 0.318 e. The molecule has 12 heteroatoms. The zero-order chi connectivity index (χ0) is 28.7. The van der Waals surface area contributed by atoms with Crippen LogP contribution in [0.2, 0.25) is 5.02 Å². The zero-order valence-corrected chi connectivity index (χ0v) is 23.8. The normalized spacial score (nSPS) is 25.1. The van der Waals surface area contributed by atoms with Crippen LogP contribution in [-0.2, 0) is 22.6 Å². The molecule has 40 heavy (non-hydrogen) atoms. The van der Waals surface area contributed by atoms with Gasteiger partial charge in [0.05, 0.1) is 29.1 Å². The van der Waals surface area contributed by atoms with E-state index in [0.717, 1.165) is 5.56 Å². The van der Waals surface area contributed by atoms with Crippen molar-refractivity contribution in [3.63, 3.8) is 0 Å². The Bertz CT molecular complexity index is 1290. The van der Waals surface area contributed by atoms with Gasteiger partial charge in [0.1, 0.15) is 18.6 Å². The maximum Gasteiger partial charge on any atom is 0.318 e. The molecule has 1 unspecified atom stereocenters. The van der Waals surface area contributed by atoms with Crippen LogP contribution in [-0.4, -0.2) is 83.8 Å². The minimum Gasteiger partial charge on any atom is -0.462 e. The number of alkyl halides is 1. The number of fused-ring (bicyclic) bond motifs is 1. The van der Waals surface area contributed by atoms with Crippen LogP contribution in [0.25, 0.3) is 0 Å². The Balaban J connectivity index is 1.48. The summed E-state index contributed by atoms with van der Waals surface area (Å²) >= 11 is 6.52. The standard InChI is InChI=1S/C28H35ClF2N6O3/c1-5-23(38)36-6-7-37(16(3)11-36)27-19-14-39-22(24-25(29)15(2)8-20(32)26(24)31)10-21(19)33-28(34-27)40-13-18-9-17(30)12-35(18)4/h5,8,16-18,22H,1,6-7,9-14,32H2,2-4H3/t16-,17+,18-,22?/m0/s1. The molecule has 4 heterocycles. The van der Waals surface area contributed by atoms with Gasteiger partial charge < -0.3 is 25.0 Å². The molecule has 2 aromatic rings. The number of benzene rings is 1. The number of aromatic nitrogens is 2. The van der Waals surface area contributed by atoms with Crippen molar-refractivity contribution < 1.29 is 23.0 Å². The summed E-state index contributed by atoms with van der Waals surface area (Å²) in [7, 11) is 1.87. The van der Waals surface area contributed by atoms with Crippen molar-refractivity contribution in [2.45, 2.75) is 57.7 Å². The number of carbonyl (C=O) groups excluding carboxylic acids is 1. The number of rotatable bonds is 6. The quantitative estimate of drug-likeness (QED) is 0.411. The fourth-order valence-electron chi connectivity index (χ4n) is 5.80. The molecule has 0 saturated carbocycles. The molecular formula is C28H35ClF2N6O3. The lowest BCUT2D eigenvalue weighted by Gasteiger charge is -2.41. The molecule has 216 valence electrons. The highest BCUT2D eigenvalue weighted by molar-refractivity contribution is 6.32. The predicted octanol–water partition coefficient (Wildman–Crippen LogP) is 3.62. The highest BCUT2D eigenvalue weighted by atomic mass is 35.5. The summed E-state index contributed by atoms with van der Waals surface area (Å²) in [6.45, 7) is 9.65. The lowest BCUT2D eigenvalue weighted by atomic mass is 9.96. The van der Waals surface area contributed by atoms with E-state index in [1.807, 2.05) is 18.9 Å². The van der Waals surface area contributed by atoms with Crippen molar-refractivity contribution in [2.75, 3.05) is 50.5 Å². The van der Waals surface area contributed by atoms with E-state index in [1.54, 1.807) is 11.8 Å². The van der Waals surface area contributed by atoms with Crippen LogP contribution in [0.3, 0.4) is 0 Å². The number of anilines is 2. The van der Waals surface area contributed by atoms with E-state index in [0.29, 0.717) is 49.7 Å². The van der Waals surface area contributed by atoms with Crippen LogP contribution in [0.5, 0.6) is 6.01 Å². The van der Waals surface area contributed by atoms with Crippen molar-refractivity contribution in [2.24, 2.45) is 0 Å². The number of hydrogen-bond donors (Lipinski definition) is 1. The SMILES string of the molecule is C=CC(=O)N1CCN(c2nc(OC[C@@H]3C[C@@H](F)CN3C)nc3c2COC(c2c(F)c(N)cc(C)c2Cl)C3)[C@@H](C)C1. The third-order valence-corrected chi connectivity index (χ3v) is 8.55. The molecule has 9 nitrogen and oxygen atoms in total. The molecule has 0 spiro atoms. The summed E-state index contributed by atoms with van der Waals surface area (Å²) in [5.74, 6) is -0.0683. The van der Waals surface area contributed by atoms with E-state index >= 15 is 4.39 Å². The zero-order valence-electron chi connectivity index (χ0n) is 23.0. The van der Waals surface area contributed by atoms with E-state index < -0.39 is 18.1 Å². The summed E-state index contributed by atoms with van der Waals surface area (Å²) in [4.78, 5) is 27.5. The molecule has 1 aromatic heterocycles. The molecule has 1 aromatic carbocycles. The van der Waals surface area contributed by atoms with Crippen LogP contribution in [0.15, 0.2) is 18.7 Å². The first kappa shape index (κ1) is 28.5. The molecule has 0 aliphatic carbocycles. The first-order chi connectivity index (χ1) is 19.1. The largest absolute Gasteiger partial charge is 0.462 e. The van der Waals surface area contributed by atoms with E-state index in [9.17, 15) is 9.18 Å². The highest BCUT2D eigenvalue weighted by Crippen LogP contribution is 2.41. The van der Waals surface area contributed by atoms with Crippen molar-refractivity contribution in [3.05, 3.63) is 51.9 Å². The average molecular weight is 577 g/mol. The number of likely N-dealkylation sites (tertiary alicyclic amines) is 1. The number of likely N-dealkylation sites (N-methyl/N-ethyl adjacent to an activating group) is 1. The molecule has 2 saturated heterocycles. The molecule has 2 N–H and O–H groups in total. The number of nitrogens with two attached hydrogens (primary N) is 1. The van der Waals surface area contributed by atoms with Crippen LogP contribution in [0, 0.1) is 12.7 Å². The highest BCUT2D eigenvalue weighted by Gasteiger charge is 2.35. The summed E-state index contributed by atoms with van der Waals surface area (Å²) < 4.78 is 41.3. The second kappa shape index (κ2) is 11.5. The summed E-state index contributed by atoms with van der Waals surface area (Å²) in [6, 6.07) is 1.52. The van der Waals surface area contributed by atoms with Crippen LogP contribution >= 0.6 is 11.6 Å². The lowest BCUT2D eigenvalue weighted by molar-refractivity contribution is -0.126. The maximum absolute atomic E-state index is 15.2. The number of hydrogen-bond acceptors (Lipinski definition) is 8. The number of nitrogen functional groups attached to an aromatic ring is 1. The molecular weight excluding hydrogens is 542 g/mol. The Hall–Kier alpha value is -3.02. The Morgan fingerprint density at radius 1 is 1.35 bits per heavy atom. The Labute approximate surface area is 237 Å². The van der Waals surface area contributed by atoms with Gasteiger partial charge in [-0.2, -0.15) is 9.97 Å². The van der Waals surface area contributed by atoms with Crippen molar-refractivity contribution in [1.29, 1.82) is 0 Å². The number of ether oxygens (including phenoxy) is 2. The van der Waals surface area contributed by atoms with E-state index in [4.69, 9.17) is 36.8 Å². The predicted molar refractivity (Wildman–Crippen MR) is 149 cm³/mol. The number of aryl methyl sites for hydroxylation is 1. The monoisotopic (exact) mass is 576 g/mol. The number of amides is 1.